The molecule has 8 heteroatoms. The largest absolute Gasteiger partial charge is 0.351 e. The summed E-state index contributed by atoms with van der Waals surface area (Å²) < 4.78 is 3.89. The number of carbonyl (C=O) groups is 2. The van der Waals surface area contributed by atoms with E-state index in [4.69, 9.17) is 0 Å². The molecule has 0 aliphatic carbocycles. The Kier molecular flexibility index (Phi) is 6.30. The van der Waals surface area contributed by atoms with Crippen LogP contribution in [-0.4, -0.2) is 63.9 Å². The van der Waals surface area contributed by atoms with Crippen molar-refractivity contribution in [2.24, 2.45) is 0 Å². The van der Waals surface area contributed by atoms with Crippen molar-refractivity contribution in [2.75, 3.05) is 32.7 Å². The summed E-state index contributed by atoms with van der Waals surface area (Å²) in [5.41, 5.74) is 1.85. The van der Waals surface area contributed by atoms with Crippen molar-refractivity contribution in [3.8, 4) is 0 Å². The van der Waals surface area contributed by atoms with Gasteiger partial charge in [-0.3, -0.25) is 14.5 Å². The van der Waals surface area contributed by atoms with Crippen molar-refractivity contribution in [2.45, 2.75) is 19.9 Å². The fraction of sp³-hybridized carbons (Fsp3) is 0.444. The van der Waals surface area contributed by atoms with Gasteiger partial charge in [-0.25, -0.2) is 0 Å². The molecule has 1 N–H and O–H groups in total. The molecule has 1 saturated heterocycles. The predicted molar refractivity (Wildman–Crippen MR) is 99.9 cm³/mol. The molecular weight excluding hydrogens is 350 g/mol. The first-order chi connectivity index (χ1) is 12.7. The van der Waals surface area contributed by atoms with Crippen LogP contribution in [0, 0.1) is 0 Å². The van der Waals surface area contributed by atoms with Gasteiger partial charge in [-0.05, 0) is 23.5 Å². The predicted octanol–water partition coefficient (Wildman–Crippen LogP) is 1.17. The van der Waals surface area contributed by atoms with Crippen LogP contribution in [0.4, 0.5) is 0 Å². The highest BCUT2D eigenvalue weighted by atomic mass is 32.1. The molecule has 0 atom stereocenters. The second-order valence-corrected chi connectivity index (χ2v) is 6.99. The smallest absolute Gasteiger partial charge is 0.267 e. The van der Waals surface area contributed by atoms with Gasteiger partial charge in [0, 0.05) is 32.7 Å². The van der Waals surface area contributed by atoms with E-state index in [2.05, 4.69) is 19.8 Å². The van der Waals surface area contributed by atoms with Crippen LogP contribution in [0.15, 0.2) is 30.3 Å². The number of carbonyl (C=O) groups excluding carboxylic acids is 2. The molecule has 0 spiro atoms. The Morgan fingerprint density at radius 3 is 2.58 bits per heavy atom. The molecule has 1 aromatic heterocycles. The van der Waals surface area contributed by atoms with Gasteiger partial charge in [0.05, 0.1) is 12.2 Å². The fourth-order valence-corrected chi connectivity index (χ4v) is 3.63. The molecule has 1 fully saturated rings. The van der Waals surface area contributed by atoms with Gasteiger partial charge in [-0.2, -0.15) is 0 Å². The molecular formula is C18H23N5O2S. The Morgan fingerprint density at radius 2 is 1.88 bits per heavy atom. The van der Waals surface area contributed by atoms with E-state index in [1.807, 2.05) is 42.2 Å². The Balaban J connectivity index is 1.43. The third kappa shape index (κ3) is 4.64. The van der Waals surface area contributed by atoms with Crippen molar-refractivity contribution in [1.82, 2.24) is 24.7 Å². The topological polar surface area (TPSA) is 78.4 Å². The third-order valence-corrected chi connectivity index (χ3v) is 5.20. The molecule has 1 aliphatic rings. The highest BCUT2D eigenvalue weighted by Crippen LogP contribution is 2.15. The highest BCUT2D eigenvalue weighted by Gasteiger charge is 2.26. The average molecular weight is 373 g/mol. The second-order valence-electron chi connectivity index (χ2n) is 6.23. The van der Waals surface area contributed by atoms with E-state index in [1.165, 1.54) is 0 Å². The van der Waals surface area contributed by atoms with Crippen LogP contribution >= 0.6 is 11.5 Å². The molecule has 0 bridgehead atoms. The van der Waals surface area contributed by atoms with E-state index in [0.717, 1.165) is 22.8 Å². The summed E-state index contributed by atoms with van der Waals surface area (Å²) in [6.07, 6.45) is 0.707. The molecule has 26 heavy (non-hydrogen) atoms. The standard InChI is InChI=1S/C18H23N5O2S/c1-2-15-17(26-21-20-15)18(25)23-10-8-22(9-11-23)13-16(24)19-12-14-6-4-3-5-7-14/h3-7H,2,8-13H2,1H3,(H,19,24). The lowest BCUT2D eigenvalue weighted by Crippen LogP contribution is -2.51. The number of hydrogen-bond donors (Lipinski definition) is 1. The van der Waals surface area contributed by atoms with Gasteiger partial charge in [0.1, 0.15) is 4.88 Å². The molecule has 1 aliphatic heterocycles. The number of nitrogens with one attached hydrogen (secondary N) is 1. The Hall–Kier alpha value is -2.32. The first kappa shape index (κ1) is 18.5. The monoisotopic (exact) mass is 373 g/mol. The number of aromatic nitrogens is 2. The number of nitrogens with zero attached hydrogens (tertiary/aromatic N) is 4. The maximum absolute atomic E-state index is 12.6. The van der Waals surface area contributed by atoms with Crippen LogP contribution in [0.2, 0.25) is 0 Å². The molecule has 3 rings (SSSR count). The lowest BCUT2D eigenvalue weighted by atomic mass is 10.2. The van der Waals surface area contributed by atoms with Crippen LogP contribution in [0.1, 0.15) is 27.9 Å². The Labute approximate surface area is 157 Å². The zero-order valence-corrected chi connectivity index (χ0v) is 15.7. The minimum absolute atomic E-state index is 0.00466. The number of benzene rings is 1. The summed E-state index contributed by atoms with van der Waals surface area (Å²) in [7, 11) is 0. The first-order valence-corrected chi connectivity index (χ1v) is 9.58. The quantitative estimate of drug-likeness (QED) is 0.823. The van der Waals surface area contributed by atoms with Crippen molar-refractivity contribution in [3.05, 3.63) is 46.5 Å². The van der Waals surface area contributed by atoms with E-state index in [9.17, 15) is 9.59 Å². The van der Waals surface area contributed by atoms with Crippen LogP contribution in [0.5, 0.6) is 0 Å². The summed E-state index contributed by atoms with van der Waals surface area (Å²) in [6, 6.07) is 9.85. The molecule has 0 unspecified atom stereocenters. The second kappa shape index (κ2) is 8.86. The van der Waals surface area contributed by atoms with E-state index >= 15 is 0 Å². The molecule has 2 amide bonds. The number of piperazine rings is 1. The zero-order valence-electron chi connectivity index (χ0n) is 14.9. The van der Waals surface area contributed by atoms with Gasteiger partial charge in [0.15, 0.2) is 0 Å². The number of aryl methyl sites for hydroxylation is 1. The minimum Gasteiger partial charge on any atom is -0.351 e. The van der Waals surface area contributed by atoms with Crippen molar-refractivity contribution in [1.29, 1.82) is 0 Å². The summed E-state index contributed by atoms with van der Waals surface area (Å²) in [5, 5.41) is 6.95. The van der Waals surface area contributed by atoms with Crippen LogP contribution in [0.3, 0.4) is 0 Å². The first-order valence-electron chi connectivity index (χ1n) is 8.81. The van der Waals surface area contributed by atoms with E-state index in [0.29, 0.717) is 50.6 Å². The molecule has 138 valence electrons. The maximum Gasteiger partial charge on any atom is 0.267 e. The summed E-state index contributed by atoms with van der Waals surface area (Å²) in [6.45, 7) is 5.49. The van der Waals surface area contributed by atoms with Crippen LogP contribution < -0.4 is 5.32 Å². The third-order valence-electron chi connectivity index (χ3n) is 4.44. The molecule has 2 aromatic rings. The molecule has 0 radical (unpaired) electrons. The minimum atomic E-state index is 0.00466. The molecule has 2 heterocycles. The Bertz CT molecular complexity index is 741. The summed E-state index contributed by atoms with van der Waals surface area (Å²) in [5.74, 6) is 0.0126. The fourth-order valence-electron chi connectivity index (χ4n) is 2.91. The number of amides is 2. The van der Waals surface area contributed by atoms with Crippen molar-refractivity contribution in [3.63, 3.8) is 0 Å². The van der Waals surface area contributed by atoms with E-state index < -0.39 is 0 Å². The average Bonchev–Trinajstić information content (AvgIpc) is 3.16. The zero-order chi connectivity index (χ0) is 18.4. The summed E-state index contributed by atoms with van der Waals surface area (Å²) >= 11 is 1.16. The van der Waals surface area contributed by atoms with Gasteiger partial charge in [-0.1, -0.05) is 41.7 Å². The summed E-state index contributed by atoms with van der Waals surface area (Å²) in [4.78, 5) is 29.3. The van der Waals surface area contributed by atoms with Gasteiger partial charge in [0.2, 0.25) is 5.91 Å². The normalized spacial score (nSPS) is 15.0. The van der Waals surface area contributed by atoms with Gasteiger partial charge in [-0.15, -0.1) is 5.10 Å². The van der Waals surface area contributed by atoms with Crippen molar-refractivity contribution >= 4 is 23.3 Å². The maximum atomic E-state index is 12.6. The Morgan fingerprint density at radius 1 is 1.15 bits per heavy atom. The SMILES string of the molecule is CCc1nnsc1C(=O)N1CCN(CC(=O)NCc2ccccc2)CC1. The van der Waals surface area contributed by atoms with Crippen LogP contribution in [-0.2, 0) is 17.8 Å². The number of rotatable bonds is 6. The van der Waals surface area contributed by atoms with E-state index in [1.54, 1.807) is 0 Å². The molecule has 0 saturated carbocycles. The molecule has 1 aromatic carbocycles. The highest BCUT2D eigenvalue weighted by molar-refractivity contribution is 7.08. The molecule has 7 nitrogen and oxygen atoms in total. The van der Waals surface area contributed by atoms with Crippen molar-refractivity contribution < 1.29 is 9.59 Å². The van der Waals surface area contributed by atoms with Crippen LogP contribution in [0.25, 0.3) is 0 Å². The van der Waals surface area contributed by atoms with Gasteiger partial charge >= 0.3 is 0 Å². The lowest BCUT2D eigenvalue weighted by molar-refractivity contribution is -0.122. The van der Waals surface area contributed by atoms with Gasteiger partial charge < -0.3 is 10.2 Å². The number of hydrogen-bond acceptors (Lipinski definition) is 6. The lowest BCUT2D eigenvalue weighted by Gasteiger charge is -2.34. The van der Waals surface area contributed by atoms with E-state index in [-0.39, 0.29) is 11.8 Å². The van der Waals surface area contributed by atoms with Gasteiger partial charge in [0.25, 0.3) is 5.91 Å².